The van der Waals surface area contributed by atoms with Gasteiger partial charge in [0.2, 0.25) is 0 Å². The van der Waals surface area contributed by atoms with E-state index in [1.54, 1.807) is 0 Å². The maximum absolute atomic E-state index is 4.37. The second-order valence-electron chi connectivity index (χ2n) is 3.55. The van der Waals surface area contributed by atoms with Crippen molar-refractivity contribution in [2.24, 2.45) is 0 Å². The van der Waals surface area contributed by atoms with Crippen molar-refractivity contribution in [3.63, 3.8) is 0 Å². The fraction of sp³-hybridized carbons (Fsp3) is 1.00. The molecule has 0 spiro atoms. The Morgan fingerprint density at radius 3 is 1.75 bits per heavy atom. The molecule has 0 bridgehead atoms. The van der Waals surface area contributed by atoms with Crippen molar-refractivity contribution in [1.29, 1.82) is 0 Å². The van der Waals surface area contributed by atoms with Gasteiger partial charge < -0.3 is 0 Å². The topological polar surface area (TPSA) is 0 Å². The largest absolute Gasteiger partial charge is 0.239 e. The van der Waals surface area contributed by atoms with Crippen LogP contribution in [0.15, 0.2) is 0 Å². The van der Waals surface area contributed by atoms with Crippen LogP contribution >= 0.6 is 35.3 Å². The van der Waals surface area contributed by atoms with Crippen LogP contribution in [0.3, 0.4) is 0 Å². The Morgan fingerprint density at radius 2 is 1.33 bits per heavy atom. The summed E-state index contributed by atoms with van der Waals surface area (Å²) >= 11 is 8.75. The summed E-state index contributed by atoms with van der Waals surface area (Å²) in [6.07, 6.45) is 4.40. The summed E-state index contributed by atoms with van der Waals surface area (Å²) in [6.45, 7) is 0. The van der Waals surface area contributed by atoms with Gasteiger partial charge in [-0.2, -0.15) is 25.3 Å². The molecule has 3 heteroatoms. The molecule has 0 amide bonds. The first-order valence-electron chi connectivity index (χ1n) is 4.79. The van der Waals surface area contributed by atoms with Gasteiger partial charge in [0, 0.05) is 0 Å². The molecule has 0 aromatic heterocycles. The van der Waals surface area contributed by atoms with E-state index in [1.807, 2.05) is 0 Å². The fourth-order valence-electron chi connectivity index (χ4n) is 1.99. The third-order valence-electron chi connectivity index (χ3n) is 2.70. The summed E-state index contributed by atoms with van der Waals surface area (Å²) in [5.74, 6) is 7.96. The van der Waals surface area contributed by atoms with E-state index in [1.165, 1.54) is 42.3 Å². The van der Waals surface area contributed by atoms with Gasteiger partial charge in [-0.05, 0) is 47.4 Å². The summed E-state index contributed by atoms with van der Waals surface area (Å²) in [5.41, 5.74) is 0. The molecule has 0 aromatic carbocycles. The molecule has 0 aliphatic carbocycles. The molecule has 1 heterocycles. The summed E-state index contributed by atoms with van der Waals surface area (Å²) in [7, 11) is -0.251. The van der Waals surface area contributed by atoms with Crippen LogP contribution in [-0.4, -0.2) is 34.5 Å². The smallest absolute Gasteiger partial charge is 0.00214 e. The third kappa shape index (κ3) is 3.08. The third-order valence-corrected chi connectivity index (χ3v) is 8.21. The molecule has 1 aliphatic rings. The highest BCUT2D eigenvalue weighted by molar-refractivity contribution is 8.34. The van der Waals surface area contributed by atoms with E-state index in [4.69, 9.17) is 0 Å². The van der Waals surface area contributed by atoms with Gasteiger partial charge in [0.05, 0.1) is 0 Å². The van der Waals surface area contributed by atoms with Crippen LogP contribution in [0.2, 0.25) is 0 Å². The summed E-state index contributed by atoms with van der Waals surface area (Å²) in [4.78, 5) is 0. The van der Waals surface area contributed by atoms with Crippen LogP contribution in [0.5, 0.6) is 0 Å². The Bertz CT molecular complexity index is 103. The molecule has 12 heavy (non-hydrogen) atoms. The van der Waals surface area contributed by atoms with Gasteiger partial charge in [-0.25, -0.2) is 10.0 Å². The van der Waals surface area contributed by atoms with Crippen molar-refractivity contribution < 1.29 is 0 Å². The molecule has 0 saturated carbocycles. The van der Waals surface area contributed by atoms with Gasteiger partial charge in [0.1, 0.15) is 0 Å². The van der Waals surface area contributed by atoms with Crippen molar-refractivity contribution in [3.05, 3.63) is 0 Å². The highest BCUT2D eigenvalue weighted by atomic mass is 32.3. The average molecular weight is 224 g/mol. The summed E-state index contributed by atoms with van der Waals surface area (Å²) in [6, 6.07) is 0. The average Bonchev–Trinajstić information content (AvgIpc) is 2.07. The molecule has 0 nitrogen and oxygen atoms in total. The van der Waals surface area contributed by atoms with Crippen LogP contribution in [0, 0.1) is 0 Å². The molecule has 0 atom stereocenters. The molecule has 1 aliphatic heterocycles. The number of thiol groups is 2. The number of hydrogen-bond acceptors (Lipinski definition) is 2. The maximum atomic E-state index is 4.37. The van der Waals surface area contributed by atoms with Crippen molar-refractivity contribution in [3.8, 4) is 0 Å². The van der Waals surface area contributed by atoms with E-state index >= 15 is 0 Å². The lowest BCUT2D eigenvalue weighted by molar-refractivity contribution is 0.752. The standard InChI is InChI=1S/C9H20S3/c10-4-8-12(9-5-11)6-2-1-3-7-12/h10-11H,1-9H2. The van der Waals surface area contributed by atoms with Gasteiger partial charge in [-0.15, -0.1) is 0 Å². The van der Waals surface area contributed by atoms with Crippen LogP contribution in [0.25, 0.3) is 0 Å². The lowest BCUT2D eigenvalue weighted by atomic mass is 10.3. The summed E-state index contributed by atoms with van der Waals surface area (Å²) < 4.78 is 0. The van der Waals surface area contributed by atoms with Crippen molar-refractivity contribution in [2.75, 3.05) is 34.5 Å². The number of hydrogen-bond donors (Lipinski definition) is 2. The molecule has 1 rings (SSSR count). The lowest BCUT2D eigenvalue weighted by Gasteiger charge is -2.43. The van der Waals surface area contributed by atoms with E-state index in [0.29, 0.717) is 0 Å². The Balaban J connectivity index is 2.44. The monoisotopic (exact) mass is 224 g/mol. The first-order valence-corrected chi connectivity index (χ1v) is 8.36. The van der Waals surface area contributed by atoms with E-state index in [9.17, 15) is 0 Å². The van der Waals surface area contributed by atoms with Crippen LogP contribution in [0.4, 0.5) is 0 Å². The molecule has 1 fully saturated rings. The van der Waals surface area contributed by atoms with Crippen LogP contribution in [0.1, 0.15) is 19.3 Å². The maximum Gasteiger partial charge on any atom is -0.00214 e. The van der Waals surface area contributed by atoms with Gasteiger partial charge in [0.25, 0.3) is 0 Å². The van der Waals surface area contributed by atoms with Gasteiger partial charge >= 0.3 is 0 Å². The second-order valence-corrected chi connectivity index (χ2v) is 8.53. The SMILES string of the molecule is SCCS1(CCS)CCCCC1. The molecular formula is C9H20S3. The first-order chi connectivity index (χ1) is 5.83. The Labute approximate surface area is 89.0 Å². The minimum Gasteiger partial charge on any atom is -0.239 e. The molecule has 0 radical (unpaired) electrons. The van der Waals surface area contributed by atoms with Crippen LogP contribution < -0.4 is 0 Å². The van der Waals surface area contributed by atoms with Gasteiger partial charge in [0.15, 0.2) is 0 Å². The predicted molar refractivity (Wildman–Crippen MR) is 68.6 cm³/mol. The first kappa shape index (κ1) is 11.1. The van der Waals surface area contributed by atoms with Gasteiger partial charge in [-0.3, -0.25) is 0 Å². The lowest BCUT2D eigenvalue weighted by Crippen LogP contribution is -2.22. The zero-order valence-corrected chi connectivity index (χ0v) is 10.3. The highest BCUT2D eigenvalue weighted by Crippen LogP contribution is 2.51. The molecule has 0 unspecified atom stereocenters. The Hall–Kier alpha value is 1.05. The summed E-state index contributed by atoms with van der Waals surface area (Å²) in [5, 5.41) is 0. The normalized spacial score (nSPS) is 25.2. The van der Waals surface area contributed by atoms with E-state index < -0.39 is 0 Å². The van der Waals surface area contributed by atoms with Crippen molar-refractivity contribution in [2.45, 2.75) is 19.3 Å². The minimum absolute atomic E-state index is 0.251. The predicted octanol–water partition coefficient (Wildman–Crippen LogP) is 2.83. The molecule has 0 N–H and O–H groups in total. The van der Waals surface area contributed by atoms with E-state index in [-0.39, 0.29) is 10.0 Å². The molecular weight excluding hydrogens is 204 g/mol. The van der Waals surface area contributed by atoms with Gasteiger partial charge in [-0.1, -0.05) is 6.42 Å². The second kappa shape index (κ2) is 5.71. The van der Waals surface area contributed by atoms with Crippen LogP contribution in [-0.2, 0) is 0 Å². The molecule has 1 saturated heterocycles. The Morgan fingerprint density at radius 1 is 0.833 bits per heavy atom. The van der Waals surface area contributed by atoms with E-state index in [2.05, 4.69) is 25.3 Å². The molecule has 74 valence electrons. The quantitative estimate of drug-likeness (QED) is 0.674. The Kier molecular flexibility index (Phi) is 5.30. The molecule has 0 aromatic rings. The van der Waals surface area contributed by atoms with Crippen molar-refractivity contribution in [1.82, 2.24) is 0 Å². The zero-order chi connectivity index (χ0) is 8.86. The fourth-order valence-corrected chi connectivity index (χ4v) is 7.95. The number of rotatable bonds is 4. The van der Waals surface area contributed by atoms with E-state index in [0.717, 1.165) is 11.5 Å². The minimum atomic E-state index is -0.251. The zero-order valence-electron chi connectivity index (χ0n) is 7.67. The highest BCUT2D eigenvalue weighted by Gasteiger charge is 2.24. The van der Waals surface area contributed by atoms with Crippen molar-refractivity contribution >= 4 is 35.3 Å².